The van der Waals surface area contributed by atoms with Crippen LogP contribution in [-0.2, 0) is 0 Å². The highest BCUT2D eigenvalue weighted by Gasteiger charge is 2.27. The van der Waals surface area contributed by atoms with Crippen LogP contribution in [0.4, 0.5) is 4.39 Å². The molecule has 1 aliphatic rings. The highest BCUT2D eigenvalue weighted by Crippen LogP contribution is 2.21. The largest absolute Gasteiger partial charge is 0.313 e. The summed E-state index contributed by atoms with van der Waals surface area (Å²) in [6, 6.07) is 5.61. The maximum absolute atomic E-state index is 13.2. The lowest BCUT2D eigenvalue weighted by Crippen LogP contribution is -2.56. The molecule has 3 heteroatoms. The minimum absolute atomic E-state index is 0.0885. The summed E-state index contributed by atoms with van der Waals surface area (Å²) in [5.41, 5.74) is 1.95. The summed E-state index contributed by atoms with van der Waals surface area (Å²) < 4.78 is 13.2. The molecule has 0 spiro atoms. The number of piperazine rings is 1. The van der Waals surface area contributed by atoms with Crippen molar-refractivity contribution in [3.05, 3.63) is 35.1 Å². The summed E-state index contributed by atoms with van der Waals surface area (Å²) in [4.78, 5) is 0. The molecule has 1 aliphatic heterocycles. The first-order valence-electron chi connectivity index (χ1n) is 5.72. The van der Waals surface area contributed by atoms with Crippen LogP contribution in [0.1, 0.15) is 31.0 Å². The molecule has 0 bridgehead atoms. The molecule has 0 radical (unpaired) electrons. The van der Waals surface area contributed by atoms with Gasteiger partial charge in [0.15, 0.2) is 0 Å². The second kappa shape index (κ2) is 4.15. The van der Waals surface area contributed by atoms with Gasteiger partial charge in [-0.15, -0.1) is 0 Å². The van der Waals surface area contributed by atoms with E-state index in [1.165, 1.54) is 0 Å². The predicted octanol–water partition coefficient (Wildman–Crippen LogP) is 2.15. The number of halogens is 1. The Balaban J connectivity index is 2.20. The van der Waals surface area contributed by atoms with Crippen LogP contribution in [0, 0.1) is 12.7 Å². The molecule has 0 aromatic heterocycles. The van der Waals surface area contributed by atoms with Gasteiger partial charge in [0, 0.05) is 24.7 Å². The molecule has 16 heavy (non-hydrogen) atoms. The van der Waals surface area contributed by atoms with Crippen LogP contribution in [-0.4, -0.2) is 18.6 Å². The molecule has 2 nitrogen and oxygen atoms in total. The van der Waals surface area contributed by atoms with E-state index in [4.69, 9.17) is 0 Å². The number of benzene rings is 1. The minimum atomic E-state index is -0.133. The fourth-order valence-electron chi connectivity index (χ4n) is 2.19. The average molecular weight is 222 g/mol. The summed E-state index contributed by atoms with van der Waals surface area (Å²) in [7, 11) is 0. The van der Waals surface area contributed by atoms with E-state index >= 15 is 0 Å². The van der Waals surface area contributed by atoms with E-state index in [2.05, 4.69) is 24.5 Å². The van der Waals surface area contributed by atoms with Gasteiger partial charge in [0.05, 0.1) is 0 Å². The lowest BCUT2D eigenvalue weighted by molar-refractivity contribution is 0.264. The van der Waals surface area contributed by atoms with Crippen molar-refractivity contribution in [3.63, 3.8) is 0 Å². The van der Waals surface area contributed by atoms with Gasteiger partial charge in [-0.3, -0.25) is 0 Å². The monoisotopic (exact) mass is 222 g/mol. The smallest absolute Gasteiger partial charge is 0.126 e. The Morgan fingerprint density at radius 1 is 1.38 bits per heavy atom. The van der Waals surface area contributed by atoms with E-state index in [1.54, 1.807) is 13.0 Å². The molecule has 1 atom stereocenters. The molecular weight excluding hydrogens is 203 g/mol. The van der Waals surface area contributed by atoms with Crippen LogP contribution in [0.25, 0.3) is 0 Å². The number of nitrogens with one attached hydrogen (secondary N) is 2. The zero-order valence-electron chi connectivity index (χ0n) is 10.1. The fourth-order valence-corrected chi connectivity index (χ4v) is 2.19. The Hall–Kier alpha value is -0.930. The van der Waals surface area contributed by atoms with Gasteiger partial charge in [0.25, 0.3) is 0 Å². The second-order valence-corrected chi connectivity index (χ2v) is 5.22. The lowest BCUT2D eigenvalue weighted by atomic mass is 9.95. The number of hydrogen-bond donors (Lipinski definition) is 2. The summed E-state index contributed by atoms with van der Waals surface area (Å²) in [6.07, 6.45) is 0. The third-order valence-corrected chi connectivity index (χ3v) is 3.06. The molecule has 0 aliphatic carbocycles. The lowest BCUT2D eigenvalue weighted by Gasteiger charge is -2.38. The van der Waals surface area contributed by atoms with Crippen LogP contribution in [0.15, 0.2) is 18.2 Å². The van der Waals surface area contributed by atoms with E-state index in [0.29, 0.717) is 5.56 Å². The number of rotatable bonds is 1. The first kappa shape index (κ1) is 11.6. The molecule has 1 fully saturated rings. The first-order valence-corrected chi connectivity index (χ1v) is 5.72. The molecule has 1 heterocycles. The molecule has 2 N–H and O–H groups in total. The summed E-state index contributed by atoms with van der Waals surface area (Å²) >= 11 is 0. The summed E-state index contributed by atoms with van der Waals surface area (Å²) in [5.74, 6) is -0.133. The third-order valence-electron chi connectivity index (χ3n) is 3.06. The van der Waals surface area contributed by atoms with E-state index in [1.807, 2.05) is 12.1 Å². The van der Waals surface area contributed by atoms with Crippen LogP contribution in [0.3, 0.4) is 0 Å². The SMILES string of the molecule is Cc1cc(C2CNCC(C)(C)N2)ccc1F. The van der Waals surface area contributed by atoms with Gasteiger partial charge in [-0.1, -0.05) is 12.1 Å². The summed E-state index contributed by atoms with van der Waals surface area (Å²) in [6.45, 7) is 8.00. The van der Waals surface area contributed by atoms with Gasteiger partial charge in [0.1, 0.15) is 5.82 Å². The topological polar surface area (TPSA) is 24.1 Å². The van der Waals surface area contributed by atoms with Crippen LogP contribution >= 0.6 is 0 Å². The van der Waals surface area contributed by atoms with Crippen molar-refractivity contribution in [1.29, 1.82) is 0 Å². The zero-order chi connectivity index (χ0) is 11.8. The highest BCUT2D eigenvalue weighted by molar-refractivity contribution is 5.27. The van der Waals surface area contributed by atoms with Crippen molar-refractivity contribution in [2.45, 2.75) is 32.4 Å². The Bertz CT molecular complexity index is 388. The molecule has 1 aromatic carbocycles. The maximum Gasteiger partial charge on any atom is 0.126 e. The van der Waals surface area contributed by atoms with Crippen LogP contribution in [0.5, 0.6) is 0 Å². The normalized spacial score (nSPS) is 24.4. The molecule has 2 rings (SSSR count). The number of hydrogen-bond acceptors (Lipinski definition) is 2. The van der Waals surface area contributed by atoms with Gasteiger partial charge in [-0.25, -0.2) is 4.39 Å². The van der Waals surface area contributed by atoms with Gasteiger partial charge >= 0.3 is 0 Å². The minimum Gasteiger partial charge on any atom is -0.313 e. The predicted molar refractivity (Wildman–Crippen MR) is 64.0 cm³/mol. The van der Waals surface area contributed by atoms with Gasteiger partial charge < -0.3 is 10.6 Å². The van der Waals surface area contributed by atoms with Crippen molar-refractivity contribution < 1.29 is 4.39 Å². The fraction of sp³-hybridized carbons (Fsp3) is 0.538. The van der Waals surface area contributed by atoms with Crippen molar-refractivity contribution in [2.24, 2.45) is 0 Å². The Morgan fingerprint density at radius 2 is 2.12 bits per heavy atom. The first-order chi connectivity index (χ1) is 7.48. The summed E-state index contributed by atoms with van der Waals surface area (Å²) in [5, 5.41) is 6.97. The Kier molecular flexibility index (Phi) is 3.00. The standard InChI is InChI=1S/C13H19FN2/c1-9-6-10(4-5-11(9)14)12-7-15-8-13(2,3)16-12/h4-6,12,15-16H,7-8H2,1-3H3. The van der Waals surface area contributed by atoms with E-state index in [-0.39, 0.29) is 17.4 Å². The molecule has 1 saturated heterocycles. The highest BCUT2D eigenvalue weighted by atomic mass is 19.1. The van der Waals surface area contributed by atoms with Crippen molar-refractivity contribution in [3.8, 4) is 0 Å². The van der Waals surface area contributed by atoms with Crippen molar-refractivity contribution >= 4 is 0 Å². The molecular formula is C13H19FN2. The van der Waals surface area contributed by atoms with Gasteiger partial charge in [-0.2, -0.15) is 0 Å². The Labute approximate surface area is 96.2 Å². The Morgan fingerprint density at radius 3 is 2.75 bits per heavy atom. The molecule has 0 amide bonds. The molecule has 88 valence electrons. The molecule has 1 unspecified atom stereocenters. The maximum atomic E-state index is 13.2. The van der Waals surface area contributed by atoms with Crippen molar-refractivity contribution in [2.75, 3.05) is 13.1 Å². The van der Waals surface area contributed by atoms with Crippen molar-refractivity contribution in [1.82, 2.24) is 10.6 Å². The van der Waals surface area contributed by atoms with Crippen LogP contribution < -0.4 is 10.6 Å². The van der Waals surface area contributed by atoms with E-state index in [9.17, 15) is 4.39 Å². The average Bonchev–Trinajstić information content (AvgIpc) is 2.20. The zero-order valence-corrected chi connectivity index (χ0v) is 10.1. The quantitative estimate of drug-likeness (QED) is 0.760. The van der Waals surface area contributed by atoms with E-state index < -0.39 is 0 Å². The molecule has 1 aromatic rings. The van der Waals surface area contributed by atoms with Gasteiger partial charge in [0.2, 0.25) is 0 Å². The van der Waals surface area contributed by atoms with Gasteiger partial charge in [-0.05, 0) is 38.0 Å². The third kappa shape index (κ3) is 2.42. The van der Waals surface area contributed by atoms with E-state index in [0.717, 1.165) is 18.7 Å². The molecule has 0 saturated carbocycles. The number of aryl methyl sites for hydroxylation is 1. The second-order valence-electron chi connectivity index (χ2n) is 5.22. The van der Waals surface area contributed by atoms with Crippen LogP contribution in [0.2, 0.25) is 0 Å².